The lowest BCUT2D eigenvalue weighted by Gasteiger charge is -2.31. The summed E-state index contributed by atoms with van der Waals surface area (Å²) < 4.78 is 13.5. The van der Waals surface area contributed by atoms with Crippen molar-refractivity contribution < 1.29 is 9.15 Å². The maximum atomic E-state index is 12.6. The number of oxazole rings is 1. The van der Waals surface area contributed by atoms with Crippen LogP contribution in [0.2, 0.25) is 5.02 Å². The zero-order valence-corrected chi connectivity index (χ0v) is 18.5. The van der Waals surface area contributed by atoms with Gasteiger partial charge in [-0.2, -0.15) is 10.2 Å². The van der Waals surface area contributed by atoms with Crippen molar-refractivity contribution in [1.82, 2.24) is 9.55 Å². The molecular formula is C25H21ClN4O3. The number of hydrogen-bond donors (Lipinski definition) is 0. The van der Waals surface area contributed by atoms with Crippen molar-refractivity contribution >= 4 is 28.7 Å². The Kier molecular flexibility index (Phi) is 5.76. The van der Waals surface area contributed by atoms with Gasteiger partial charge >= 0.3 is 0 Å². The maximum absolute atomic E-state index is 12.6. The third-order valence-electron chi connectivity index (χ3n) is 5.74. The Labute approximate surface area is 195 Å². The Morgan fingerprint density at radius 3 is 2.76 bits per heavy atom. The Hall–Kier alpha value is -3.76. The molecule has 166 valence electrons. The third-order valence-corrected chi connectivity index (χ3v) is 6.02. The lowest BCUT2D eigenvalue weighted by molar-refractivity contribution is 0.169. The lowest BCUT2D eigenvalue weighted by Crippen LogP contribution is -2.38. The highest BCUT2D eigenvalue weighted by Crippen LogP contribution is 2.28. The van der Waals surface area contributed by atoms with Crippen LogP contribution in [-0.4, -0.2) is 28.7 Å². The highest BCUT2D eigenvalue weighted by molar-refractivity contribution is 6.31. The van der Waals surface area contributed by atoms with E-state index < -0.39 is 0 Å². The summed E-state index contributed by atoms with van der Waals surface area (Å²) in [6.07, 6.45) is 3.06. The van der Waals surface area contributed by atoms with E-state index in [9.17, 15) is 4.79 Å². The number of halogens is 1. The Morgan fingerprint density at radius 1 is 1.15 bits per heavy atom. The largest absolute Gasteiger partial charge is 0.488 e. The lowest BCUT2D eigenvalue weighted by atomic mass is 10.1. The second kappa shape index (κ2) is 9.00. The fourth-order valence-corrected chi connectivity index (χ4v) is 4.23. The molecule has 0 saturated carbocycles. The number of fused-ring (bicyclic) bond motifs is 1. The number of nitriles is 1. The summed E-state index contributed by atoms with van der Waals surface area (Å²) in [4.78, 5) is 19.3. The summed E-state index contributed by atoms with van der Waals surface area (Å²) in [7, 11) is 0. The van der Waals surface area contributed by atoms with Gasteiger partial charge in [0.25, 0.3) is 11.6 Å². The molecule has 2 aromatic carbocycles. The number of rotatable bonds is 5. The van der Waals surface area contributed by atoms with E-state index in [0.29, 0.717) is 28.9 Å². The van der Waals surface area contributed by atoms with Gasteiger partial charge in [0, 0.05) is 38.2 Å². The predicted octanol–water partition coefficient (Wildman–Crippen LogP) is 4.61. The van der Waals surface area contributed by atoms with E-state index in [4.69, 9.17) is 26.0 Å². The zero-order chi connectivity index (χ0) is 22.8. The van der Waals surface area contributed by atoms with Gasteiger partial charge in [-0.1, -0.05) is 35.9 Å². The molecule has 1 fully saturated rings. The van der Waals surface area contributed by atoms with E-state index in [-0.39, 0.29) is 11.7 Å². The molecule has 3 heterocycles. The molecule has 4 aromatic rings. The van der Waals surface area contributed by atoms with Crippen molar-refractivity contribution in [2.45, 2.75) is 25.5 Å². The number of pyridine rings is 1. The van der Waals surface area contributed by atoms with E-state index in [0.717, 1.165) is 42.6 Å². The van der Waals surface area contributed by atoms with Gasteiger partial charge < -0.3 is 18.6 Å². The maximum Gasteiger partial charge on any atom is 0.298 e. The average molecular weight is 461 g/mol. The molecule has 33 heavy (non-hydrogen) atoms. The first-order valence-electron chi connectivity index (χ1n) is 10.8. The molecule has 0 amide bonds. The van der Waals surface area contributed by atoms with Crippen LogP contribution >= 0.6 is 11.6 Å². The van der Waals surface area contributed by atoms with Crippen LogP contribution < -0.4 is 15.2 Å². The van der Waals surface area contributed by atoms with Crippen LogP contribution in [0.5, 0.6) is 5.75 Å². The first-order valence-corrected chi connectivity index (χ1v) is 11.1. The monoisotopic (exact) mass is 460 g/mol. The molecule has 0 radical (unpaired) electrons. The fourth-order valence-electron chi connectivity index (χ4n) is 4.02. The van der Waals surface area contributed by atoms with E-state index in [1.165, 1.54) is 10.6 Å². The van der Waals surface area contributed by atoms with Crippen molar-refractivity contribution in [2.75, 3.05) is 18.0 Å². The topological polar surface area (TPSA) is 84.3 Å². The van der Waals surface area contributed by atoms with E-state index in [2.05, 4.69) is 16.0 Å². The number of aromatic nitrogens is 2. The molecule has 0 unspecified atom stereocenters. The molecule has 1 aliphatic heterocycles. The molecule has 0 spiro atoms. The molecule has 1 saturated heterocycles. The zero-order valence-electron chi connectivity index (χ0n) is 17.8. The van der Waals surface area contributed by atoms with Crippen molar-refractivity contribution in [1.29, 1.82) is 5.26 Å². The highest BCUT2D eigenvalue weighted by atomic mass is 35.5. The molecule has 0 atom stereocenters. The molecule has 0 N–H and O–H groups in total. The van der Waals surface area contributed by atoms with Crippen LogP contribution in [0.3, 0.4) is 0 Å². The van der Waals surface area contributed by atoms with Crippen LogP contribution in [0.1, 0.15) is 24.0 Å². The smallest absolute Gasteiger partial charge is 0.298 e. The molecule has 7 nitrogen and oxygen atoms in total. The molecule has 1 aliphatic rings. The molecule has 2 aromatic heterocycles. The summed E-state index contributed by atoms with van der Waals surface area (Å²) in [5.74, 6) is 0.393. The number of piperidine rings is 1. The summed E-state index contributed by atoms with van der Waals surface area (Å²) in [5, 5.41) is 9.45. The van der Waals surface area contributed by atoms with Crippen molar-refractivity contribution in [3.63, 3.8) is 0 Å². The minimum atomic E-state index is -0.208. The first-order chi connectivity index (χ1) is 16.1. The fraction of sp³-hybridized carbons (Fsp3) is 0.240. The molecule has 0 bridgehead atoms. The van der Waals surface area contributed by atoms with Crippen LogP contribution in [0.4, 0.5) is 6.01 Å². The minimum absolute atomic E-state index is 0.0503. The Bertz CT molecular complexity index is 1360. The van der Waals surface area contributed by atoms with E-state index >= 15 is 0 Å². The van der Waals surface area contributed by atoms with Gasteiger partial charge in [-0.3, -0.25) is 4.79 Å². The van der Waals surface area contributed by atoms with Gasteiger partial charge in [-0.15, -0.1) is 0 Å². The van der Waals surface area contributed by atoms with Crippen molar-refractivity contribution in [3.05, 3.63) is 87.3 Å². The first kappa shape index (κ1) is 21.1. The van der Waals surface area contributed by atoms with Gasteiger partial charge in [0.2, 0.25) is 0 Å². The summed E-state index contributed by atoms with van der Waals surface area (Å²) in [5.41, 5.74) is 2.82. The van der Waals surface area contributed by atoms with Crippen LogP contribution in [-0.2, 0) is 6.54 Å². The Balaban J connectivity index is 1.24. The van der Waals surface area contributed by atoms with Gasteiger partial charge in [-0.05, 0) is 29.8 Å². The summed E-state index contributed by atoms with van der Waals surface area (Å²) in [6, 6.07) is 19.0. The van der Waals surface area contributed by atoms with Gasteiger partial charge in [-0.25, -0.2) is 0 Å². The predicted molar refractivity (Wildman–Crippen MR) is 126 cm³/mol. The number of benzene rings is 2. The second-order valence-electron chi connectivity index (χ2n) is 8.03. The van der Waals surface area contributed by atoms with E-state index in [1.807, 2.05) is 30.3 Å². The number of anilines is 1. The van der Waals surface area contributed by atoms with Crippen LogP contribution in [0, 0.1) is 11.3 Å². The molecule has 0 aliphatic carbocycles. The third kappa shape index (κ3) is 4.57. The number of ether oxygens (including phenoxy) is 1. The Morgan fingerprint density at radius 2 is 1.97 bits per heavy atom. The second-order valence-corrected chi connectivity index (χ2v) is 8.44. The minimum Gasteiger partial charge on any atom is -0.488 e. The van der Waals surface area contributed by atoms with Gasteiger partial charge in [0.1, 0.15) is 17.4 Å². The van der Waals surface area contributed by atoms with Crippen molar-refractivity contribution in [2.24, 2.45) is 0 Å². The van der Waals surface area contributed by atoms with Crippen LogP contribution in [0.25, 0.3) is 11.1 Å². The SMILES string of the molecule is N#Cc1cccc(Cn2cc(Cl)c(OC3CCN(c4nc5ccccc5o4)CC3)cc2=O)c1. The molecule has 8 heteroatoms. The number of nitrogens with zero attached hydrogens (tertiary/aromatic N) is 4. The molecule has 5 rings (SSSR count). The normalized spacial score (nSPS) is 14.4. The summed E-state index contributed by atoms with van der Waals surface area (Å²) >= 11 is 6.44. The quantitative estimate of drug-likeness (QED) is 0.432. The summed E-state index contributed by atoms with van der Waals surface area (Å²) in [6.45, 7) is 1.81. The number of hydrogen-bond acceptors (Lipinski definition) is 6. The number of para-hydroxylation sites is 2. The van der Waals surface area contributed by atoms with Crippen molar-refractivity contribution in [3.8, 4) is 11.8 Å². The molecular weight excluding hydrogens is 440 g/mol. The average Bonchev–Trinajstić information content (AvgIpc) is 3.27. The van der Waals surface area contributed by atoms with Crippen LogP contribution in [0.15, 0.2) is 70.0 Å². The van der Waals surface area contributed by atoms with Gasteiger partial charge in [0.05, 0.1) is 23.2 Å². The standard InChI is InChI=1S/C25H21ClN4O3/c26-20-16-30(15-18-5-3-4-17(12-18)14-27)24(31)13-23(20)32-19-8-10-29(11-9-19)25-28-21-6-1-2-7-22(21)33-25/h1-7,12-13,16,19H,8-11,15H2. The highest BCUT2D eigenvalue weighted by Gasteiger charge is 2.24. The van der Waals surface area contributed by atoms with E-state index in [1.54, 1.807) is 24.4 Å². The van der Waals surface area contributed by atoms with Gasteiger partial charge in [0.15, 0.2) is 5.58 Å².